The lowest BCUT2D eigenvalue weighted by Crippen LogP contribution is -2.49. The molecule has 0 aliphatic carbocycles. The molecule has 30 heteroatoms. The van der Waals surface area contributed by atoms with Crippen LogP contribution in [0.15, 0.2) is 84.1 Å². The van der Waals surface area contributed by atoms with Gasteiger partial charge in [0.25, 0.3) is 30.4 Å². The van der Waals surface area contributed by atoms with Gasteiger partial charge in [0, 0.05) is 29.4 Å². The second-order valence-corrected chi connectivity index (χ2v) is 20.7. The van der Waals surface area contributed by atoms with Gasteiger partial charge in [-0.2, -0.15) is 55.0 Å². The Balaban J connectivity index is 2.22. The highest BCUT2D eigenvalue weighted by Gasteiger charge is 2.53. The van der Waals surface area contributed by atoms with E-state index in [1.165, 1.54) is 0 Å². The summed E-state index contributed by atoms with van der Waals surface area (Å²) >= 11 is 0. The van der Waals surface area contributed by atoms with Crippen molar-refractivity contribution in [2.75, 3.05) is 17.7 Å². The molecule has 6 rings (SSSR count). The van der Waals surface area contributed by atoms with Gasteiger partial charge in [0.05, 0.1) is 23.8 Å². The van der Waals surface area contributed by atoms with Gasteiger partial charge in [-0.25, -0.2) is 9.59 Å². The summed E-state index contributed by atoms with van der Waals surface area (Å²) in [5, 5.41) is -1.42. The molecule has 1 aliphatic heterocycles. The molecule has 24 nitrogen and oxygen atoms in total. The van der Waals surface area contributed by atoms with E-state index >= 15 is 4.79 Å². The summed E-state index contributed by atoms with van der Waals surface area (Å²) in [5.74, 6) is -1.79. The number of carbonyl (C=O) groups excluding carboxylic acids is 2. The fourth-order valence-corrected chi connectivity index (χ4v) is 11.6. The van der Waals surface area contributed by atoms with Crippen LogP contribution in [0.4, 0.5) is 27.5 Å². The van der Waals surface area contributed by atoms with E-state index in [1.807, 2.05) is 10.6 Å². The summed E-state index contributed by atoms with van der Waals surface area (Å²) < 4.78 is 221. The van der Waals surface area contributed by atoms with E-state index in [9.17, 15) is 82.6 Å². The van der Waals surface area contributed by atoms with Crippen molar-refractivity contribution in [1.29, 1.82) is 0 Å². The van der Waals surface area contributed by atoms with Crippen LogP contribution >= 0.6 is 0 Å². The first-order chi connectivity index (χ1) is 26.2. The second-order valence-electron chi connectivity index (χ2n) is 12.4. The van der Waals surface area contributed by atoms with Gasteiger partial charge in [-0.15, -0.1) is 0 Å². The summed E-state index contributed by atoms with van der Waals surface area (Å²) in [4.78, 5) is 18.3. The van der Waals surface area contributed by atoms with Crippen LogP contribution in [0.1, 0.15) is 10.5 Å². The average Bonchev–Trinajstić information content (AvgIpc) is 3.48. The number of aryl methyl sites for hydroxylation is 1. The normalized spacial score (nSPS) is 16.9. The third kappa shape index (κ3) is 6.81. The molecule has 0 radical (unpaired) electrons. The fraction of sp³-hybridized carbons (Fsp3) is 0.0714. The SMILES string of the molecule is Cn1cccc1C(=O)[N+]1(C)c2c(S(=O)(=O)O)cc3c(S(=O)(=O)O)ccc(c3c2S(=O)(=O)O)NC(=O)Nc2ccc(S(=O)(=O)O)c3c1c(S(=O)(=O)O)cc(S(=O)(=O)O)c23. The van der Waals surface area contributed by atoms with Crippen molar-refractivity contribution in [1.82, 2.24) is 9.05 Å². The van der Waals surface area contributed by atoms with Gasteiger partial charge in [0.2, 0.25) is 0 Å². The molecule has 0 saturated carbocycles. The van der Waals surface area contributed by atoms with Crippen molar-refractivity contribution in [3.8, 4) is 0 Å². The third-order valence-corrected chi connectivity index (χ3v) is 14.2. The number of carbonyl (C=O) groups is 2. The second kappa shape index (κ2) is 13.0. The number of hydrogen-bond donors (Lipinski definition) is 8. The molecule has 4 aromatic carbocycles. The van der Waals surface area contributed by atoms with E-state index in [2.05, 4.69) is 0 Å². The molecule has 5 aromatic rings. The number of aromatic nitrogens is 1. The van der Waals surface area contributed by atoms with Gasteiger partial charge in [-0.05, 0) is 48.5 Å². The number of nitrogens with one attached hydrogen (secondary N) is 2. The summed E-state index contributed by atoms with van der Waals surface area (Å²) in [5.41, 5.74) is -6.15. The number of benzene rings is 4. The lowest BCUT2D eigenvalue weighted by Gasteiger charge is -2.36. The molecule has 1 unspecified atom stereocenters. The first kappa shape index (κ1) is 42.6. The van der Waals surface area contributed by atoms with Gasteiger partial charge in [-0.3, -0.25) is 27.3 Å². The molecule has 0 saturated heterocycles. The topological polar surface area (TPSA) is 389 Å². The van der Waals surface area contributed by atoms with Gasteiger partial charge < -0.3 is 15.2 Å². The molecule has 3 amide bonds. The largest absolute Gasteiger partial charge is 0.372 e. The number of quaternary nitrogens is 1. The summed E-state index contributed by atoms with van der Waals surface area (Å²) in [6.07, 6.45) is 1.13. The Labute approximate surface area is 326 Å². The summed E-state index contributed by atoms with van der Waals surface area (Å²) in [6.45, 7) is 0. The van der Waals surface area contributed by atoms with Crippen LogP contribution in [-0.2, 0) is 67.8 Å². The van der Waals surface area contributed by atoms with Crippen molar-refractivity contribution in [3.05, 3.63) is 60.4 Å². The molecule has 8 N–H and O–H groups in total. The van der Waals surface area contributed by atoms with E-state index in [4.69, 9.17) is 0 Å². The van der Waals surface area contributed by atoms with Crippen molar-refractivity contribution < 1.29 is 87.4 Å². The minimum absolute atomic E-state index is 0.0956. The highest BCUT2D eigenvalue weighted by molar-refractivity contribution is 7.88. The van der Waals surface area contributed by atoms with E-state index in [0.29, 0.717) is 31.3 Å². The van der Waals surface area contributed by atoms with E-state index in [-0.39, 0.29) is 12.1 Å². The minimum Gasteiger partial charge on any atom is -0.343 e. The van der Waals surface area contributed by atoms with E-state index in [0.717, 1.165) is 29.9 Å². The highest BCUT2D eigenvalue weighted by atomic mass is 32.2. The van der Waals surface area contributed by atoms with E-state index in [1.54, 1.807) is 0 Å². The molecule has 0 spiro atoms. The molecule has 0 fully saturated rings. The molecule has 310 valence electrons. The maximum Gasteiger partial charge on any atom is 0.372 e. The molecular weight excluding hydrogens is 905 g/mol. The molecule has 1 aromatic heterocycles. The Morgan fingerprint density at radius 1 is 0.569 bits per heavy atom. The van der Waals surface area contributed by atoms with Gasteiger partial charge >= 0.3 is 42.3 Å². The Bertz CT molecular complexity index is 3450. The van der Waals surface area contributed by atoms with Crippen LogP contribution in [0.2, 0.25) is 0 Å². The summed E-state index contributed by atoms with van der Waals surface area (Å²) in [6, 6.07) is 2.38. The Morgan fingerprint density at radius 3 is 1.48 bits per heavy atom. The predicted octanol–water partition coefficient (Wildman–Crippen LogP) is 1.88. The number of anilines is 2. The number of urea groups is 1. The third-order valence-electron chi connectivity index (χ3n) is 8.91. The smallest absolute Gasteiger partial charge is 0.343 e. The average molecular weight is 928 g/mol. The van der Waals surface area contributed by atoms with E-state index < -0.39 is 156 Å². The zero-order valence-electron chi connectivity index (χ0n) is 28.4. The van der Waals surface area contributed by atoms with Gasteiger partial charge in [0.15, 0.2) is 26.1 Å². The standard InChI is InChI=1S/C28H22N4O20S6/c1-31-9-3-4-15(31)27(33)32(2)24-20(57(47,48)49)11-18(55(41,42)43)22-14(6-8-17(23(22)24)54(38,39)40)30-28(34)29-13-5-7-16(53(35,36)37)12-10-19(56(44,45)46)25(32)26(21(12)13)58(50,51)52/h3-11H,1-2H3,(H7-,29,30,34,35,36,37,38,39,40,41,42,43,44,45,46,47,48,49,50,51,52)/p+1. The van der Waals surface area contributed by atoms with Crippen molar-refractivity contribution >= 4 is 117 Å². The van der Waals surface area contributed by atoms with Crippen LogP contribution in [0.5, 0.6) is 0 Å². The molecule has 1 atom stereocenters. The van der Waals surface area contributed by atoms with Crippen LogP contribution < -0.4 is 15.1 Å². The lowest BCUT2D eigenvalue weighted by atomic mass is 10.00. The Morgan fingerprint density at radius 2 is 1.03 bits per heavy atom. The van der Waals surface area contributed by atoms with Crippen LogP contribution in [0.25, 0.3) is 21.5 Å². The van der Waals surface area contributed by atoms with Crippen LogP contribution in [-0.4, -0.2) is 101 Å². The Hall–Kier alpha value is -4.96. The van der Waals surface area contributed by atoms with Gasteiger partial charge in [0.1, 0.15) is 20.4 Å². The molecule has 58 heavy (non-hydrogen) atoms. The maximum atomic E-state index is 15.3. The first-order valence-electron chi connectivity index (χ1n) is 15.0. The molecule has 1 aliphatic rings. The first-order valence-corrected chi connectivity index (χ1v) is 23.6. The van der Waals surface area contributed by atoms with Crippen molar-refractivity contribution in [2.45, 2.75) is 29.4 Å². The quantitative estimate of drug-likeness (QED) is 0.0853. The number of hydrogen-bond acceptors (Lipinski definition) is 14. The number of fused-ring (bicyclic) bond motifs is 1. The van der Waals surface area contributed by atoms with Gasteiger partial charge in [-0.1, -0.05) is 0 Å². The van der Waals surface area contributed by atoms with Crippen molar-refractivity contribution in [2.24, 2.45) is 7.05 Å². The predicted molar refractivity (Wildman–Crippen MR) is 197 cm³/mol. The maximum absolute atomic E-state index is 15.3. The highest BCUT2D eigenvalue weighted by Crippen LogP contribution is 2.55. The van der Waals surface area contributed by atoms with Crippen LogP contribution in [0, 0.1) is 0 Å². The molecular formula is C28H23N4O20S6+. The summed E-state index contributed by atoms with van der Waals surface area (Å²) in [7, 11) is -34.7. The lowest BCUT2D eigenvalue weighted by molar-refractivity contribution is 0.0846. The number of amides is 3. The molecule has 2 heterocycles. The Kier molecular flexibility index (Phi) is 9.57. The number of rotatable bonds is 7. The zero-order chi connectivity index (χ0) is 43.7. The fourth-order valence-electron chi connectivity index (χ4n) is 6.74. The monoisotopic (exact) mass is 927 g/mol. The number of nitrogens with zero attached hydrogens (tertiary/aromatic N) is 2. The van der Waals surface area contributed by atoms with Crippen LogP contribution in [0.3, 0.4) is 0 Å². The molecule has 6 bridgehead atoms. The zero-order valence-corrected chi connectivity index (χ0v) is 33.3. The van der Waals surface area contributed by atoms with Crippen molar-refractivity contribution in [3.63, 3.8) is 0 Å². The minimum atomic E-state index is -6.34.